The highest BCUT2D eigenvalue weighted by molar-refractivity contribution is 5.68. The molecule has 0 aliphatic rings. The summed E-state index contributed by atoms with van der Waals surface area (Å²) in [5, 5.41) is 12.2. The number of aliphatic hydroxyl groups excluding tert-OH is 1. The first-order chi connectivity index (χ1) is 11.0. The molecule has 0 heterocycles. The molecule has 0 aromatic heterocycles. The van der Waals surface area contributed by atoms with Gasteiger partial charge in [-0.1, -0.05) is 48.5 Å². The van der Waals surface area contributed by atoms with E-state index < -0.39 is 11.6 Å². The monoisotopic (exact) mass is 317 g/mol. The van der Waals surface area contributed by atoms with E-state index in [-0.39, 0.29) is 25.5 Å². The lowest BCUT2D eigenvalue weighted by molar-refractivity contribution is 0.111. The summed E-state index contributed by atoms with van der Waals surface area (Å²) in [6.45, 7) is 1.44. The van der Waals surface area contributed by atoms with Crippen LogP contribution < -0.4 is 5.32 Å². The van der Waals surface area contributed by atoms with Crippen molar-refractivity contribution < 1.29 is 19.0 Å². The first-order valence-electron chi connectivity index (χ1n) is 7.35. The van der Waals surface area contributed by atoms with Gasteiger partial charge < -0.3 is 15.2 Å². The maximum Gasteiger partial charge on any atom is 0.407 e. The molecule has 1 amide bonds. The largest absolute Gasteiger partial charge is 0.445 e. The zero-order valence-corrected chi connectivity index (χ0v) is 13.0. The van der Waals surface area contributed by atoms with Crippen LogP contribution in [-0.4, -0.2) is 23.3 Å². The summed E-state index contributed by atoms with van der Waals surface area (Å²) >= 11 is 0. The van der Waals surface area contributed by atoms with Gasteiger partial charge in [-0.05, 0) is 24.1 Å². The number of carbonyl (C=O) groups excluding carboxylic acids is 1. The normalized spacial score (nSPS) is 13.2. The molecule has 0 fully saturated rings. The SMILES string of the molecule is CC(CO)(Cc1ccccc1F)NC(=O)OCc1ccccc1. The number of benzene rings is 2. The van der Waals surface area contributed by atoms with Gasteiger partial charge in [-0.2, -0.15) is 0 Å². The standard InChI is InChI=1S/C18H20FNO3/c1-18(13-21,11-15-9-5-6-10-16(15)19)20-17(22)23-12-14-7-3-2-4-8-14/h2-10,21H,11-13H2,1H3,(H,20,22). The smallest absolute Gasteiger partial charge is 0.407 e. The lowest BCUT2D eigenvalue weighted by Gasteiger charge is -2.28. The highest BCUT2D eigenvalue weighted by Gasteiger charge is 2.27. The zero-order chi connectivity index (χ0) is 16.7. The van der Waals surface area contributed by atoms with Gasteiger partial charge in [0.05, 0.1) is 12.1 Å². The van der Waals surface area contributed by atoms with E-state index in [4.69, 9.17) is 4.74 Å². The summed E-state index contributed by atoms with van der Waals surface area (Å²) in [7, 11) is 0. The Morgan fingerprint density at radius 3 is 2.48 bits per heavy atom. The molecule has 2 aromatic rings. The van der Waals surface area contributed by atoms with E-state index in [1.807, 2.05) is 30.3 Å². The van der Waals surface area contributed by atoms with E-state index in [9.17, 15) is 14.3 Å². The van der Waals surface area contributed by atoms with Crippen LogP contribution in [0.1, 0.15) is 18.1 Å². The highest BCUT2D eigenvalue weighted by Crippen LogP contribution is 2.16. The maximum atomic E-state index is 13.7. The summed E-state index contributed by atoms with van der Waals surface area (Å²) in [5.74, 6) is -0.369. The van der Waals surface area contributed by atoms with Crippen LogP contribution in [0.5, 0.6) is 0 Å². The van der Waals surface area contributed by atoms with Crippen molar-refractivity contribution in [2.45, 2.75) is 25.5 Å². The molecular formula is C18H20FNO3. The number of alkyl carbamates (subject to hydrolysis) is 1. The highest BCUT2D eigenvalue weighted by atomic mass is 19.1. The third kappa shape index (κ3) is 5.07. The van der Waals surface area contributed by atoms with Gasteiger partial charge in [-0.25, -0.2) is 9.18 Å². The molecule has 122 valence electrons. The molecule has 0 spiro atoms. The molecule has 0 saturated heterocycles. The Balaban J connectivity index is 1.94. The second-order valence-electron chi connectivity index (χ2n) is 5.67. The van der Waals surface area contributed by atoms with Crippen molar-refractivity contribution in [2.75, 3.05) is 6.61 Å². The topological polar surface area (TPSA) is 58.6 Å². The van der Waals surface area contributed by atoms with Crippen molar-refractivity contribution >= 4 is 6.09 Å². The number of hydrogen-bond acceptors (Lipinski definition) is 3. The van der Waals surface area contributed by atoms with Crippen molar-refractivity contribution in [3.05, 3.63) is 71.5 Å². The molecule has 2 N–H and O–H groups in total. The second-order valence-corrected chi connectivity index (χ2v) is 5.67. The number of carbonyl (C=O) groups is 1. The van der Waals surface area contributed by atoms with Crippen LogP contribution >= 0.6 is 0 Å². The Bertz CT molecular complexity index is 648. The fourth-order valence-corrected chi connectivity index (χ4v) is 2.21. The fraction of sp³-hybridized carbons (Fsp3) is 0.278. The summed E-state index contributed by atoms with van der Waals surface area (Å²) < 4.78 is 18.9. The Kier molecular flexibility index (Phi) is 5.71. The molecule has 1 unspecified atom stereocenters. The van der Waals surface area contributed by atoms with Gasteiger partial charge in [-0.15, -0.1) is 0 Å². The number of rotatable bonds is 6. The number of aliphatic hydroxyl groups is 1. The summed E-state index contributed by atoms with van der Waals surface area (Å²) in [6, 6.07) is 15.6. The average Bonchev–Trinajstić information content (AvgIpc) is 2.56. The Labute approximate surface area is 134 Å². The molecule has 5 heteroatoms. The predicted molar refractivity (Wildman–Crippen MR) is 85.4 cm³/mol. The van der Waals surface area contributed by atoms with Crippen molar-refractivity contribution in [2.24, 2.45) is 0 Å². The van der Waals surface area contributed by atoms with E-state index in [0.29, 0.717) is 5.56 Å². The first-order valence-corrected chi connectivity index (χ1v) is 7.35. The molecule has 2 aromatic carbocycles. The van der Waals surface area contributed by atoms with Crippen molar-refractivity contribution in [3.8, 4) is 0 Å². The van der Waals surface area contributed by atoms with Gasteiger partial charge in [0.1, 0.15) is 12.4 Å². The summed E-state index contributed by atoms with van der Waals surface area (Å²) in [5.41, 5.74) is 0.283. The lowest BCUT2D eigenvalue weighted by Crippen LogP contribution is -2.50. The second kappa shape index (κ2) is 7.74. The van der Waals surface area contributed by atoms with Gasteiger partial charge >= 0.3 is 6.09 Å². The maximum absolute atomic E-state index is 13.7. The predicted octanol–water partition coefficient (Wildman–Crippen LogP) is 3.05. The van der Waals surface area contributed by atoms with E-state index in [1.54, 1.807) is 25.1 Å². The van der Waals surface area contributed by atoms with Crippen molar-refractivity contribution in [1.82, 2.24) is 5.32 Å². The van der Waals surface area contributed by atoms with Crippen molar-refractivity contribution in [3.63, 3.8) is 0 Å². The number of ether oxygens (including phenoxy) is 1. The number of halogens is 1. The molecule has 0 bridgehead atoms. The average molecular weight is 317 g/mol. The third-order valence-electron chi connectivity index (χ3n) is 3.50. The van der Waals surface area contributed by atoms with E-state index in [0.717, 1.165) is 5.56 Å². The number of hydrogen-bond donors (Lipinski definition) is 2. The van der Waals surface area contributed by atoms with E-state index in [2.05, 4.69) is 5.32 Å². The number of amides is 1. The number of nitrogens with one attached hydrogen (secondary N) is 1. The lowest BCUT2D eigenvalue weighted by atomic mass is 9.93. The Morgan fingerprint density at radius 2 is 1.83 bits per heavy atom. The minimum atomic E-state index is -1.00. The van der Waals surface area contributed by atoms with E-state index in [1.165, 1.54) is 6.07 Å². The van der Waals surface area contributed by atoms with Crippen LogP contribution in [0.15, 0.2) is 54.6 Å². The van der Waals surface area contributed by atoms with Gasteiger partial charge in [0.25, 0.3) is 0 Å². The molecule has 0 aliphatic carbocycles. The Hall–Kier alpha value is -2.40. The Morgan fingerprint density at radius 1 is 1.17 bits per heavy atom. The third-order valence-corrected chi connectivity index (χ3v) is 3.50. The quantitative estimate of drug-likeness (QED) is 0.861. The van der Waals surface area contributed by atoms with Crippen LogP contribution in [0.3, 0.4) is 0 Å². The van der Waals surface area contributed by atoms with E-state index >= 15 is 0 Å². The fourth-order valence-electron chi connectivity index (χ4n) is 2.21. The summed E-state index contributed by atoms with van der Waals surface area (Å²) in [4.78, 5) is 11.9. The molecular weight excluding hydrogens is 297 g/mol. The van der Waals surface area contributed by atoms with Crippen molar-refractivity contribution in [1.29, 1.82) is 0 Å². The van der Waals surface area contributed by atoms with Gasteiger partial charge in [-0.3, -0.25) is 0 Å². The molecule has 4 nitrogen and oxygen atoms in total. The first kappa shape index (κ1) is 17.0. The van der Waals surface area contributed by atoms with Crippen LogP contribution in [0.25, 0.3) is 0 Å². The molecule has 2 rings (SSSR count). The molecule has 0 aliphatic heterocycles. The summed E-state index contributed by atoms with van der Waals surface area (Å²) in [6.07, 6.45) is -0.488. The van der Waals surface area contributed by atoms with Crippen LogP contribution in [0.4, 0.5) is 9.18 Å². The van der Waals surface area contributed by atoms with Gasteiger partial charge in [0.15, 0.2) is 0 Å². The minimum absolute atomic E-state index is 0.133. The zero-order valence-electron chi connectivity index (χ0n) is 13.0. The van der Waals surface area contributed by atoms with Gasteiger partial charge in [0.2, 0.25) is 0 Å². The van der Waals surface area contributed by atoms with Gasteiger partial charge in [0, 0.05) is 6.42 Å². The molecule has 0 radical (unpaired) electrons. The minimum Gasteiger partial charge on any atom is -0.445 e. The van der Waals surface area contributed by atoms with Crippen LogP contribution in [-0.2, 0) is 17.8 Å². The molecule has 0 saturated carbocycles. The van der Waals surface area contributed by atoms with Crippen LogP contribution in [0, 0.1) is 5.82 Å². The molecule has 23 heavy (non-hydrogen) atoms. The van der Waals surface area contributed by atoms with Crippen LogP contribution in [0.2, 0.25) is 0 Å². The molecule has 1 atom stereocenters.